The Labute approximate surface area is 147 Å². The molecule has 1 saturated heterocycles. The maximum atomic E-state index is 12.4. The molecule has 1 amide bonds. The number of hydrogen-bond acceptors (Lipinski definition) is 7. The van der Waals surface area contributed by atoms with Gasteiger partial charge in [-0.2, -0.15) is 12.6 Å². The molecule has 2 atom stereocenters. The van der Waals surface area contributed by atoms with Gasteiger partial charge < -0.3 is 4.74 Å². The third-order valence-corrected chi connectivity index (χ3v) is 4.79. The highest BCUT2D eigenvalue weighted by molar-refractivity contribution is 7.81. The first-order valence-electron chi connectivity index (χ1n) is 7.27. The maximum absolute atomic E-state index is 12.4. The quantitative estimate of drug-likeness (QED) is 0.510. The second-order valence-electron chi connectivity index (χ2n) is 5.45. The molecule has 1 fully saturated rings. The van der Waals surface area contributed by atoms with Crippen molar-refractivity contribution in [1.82, 2.24) is 9.88 Å². The number of thiol groups is 1. The summed E-state index contributed by atoms with van der Waals surface area (Å²) < 4.78 is 5.35. The van der Waals surface area contributed by atoms with E-state index in [4.69, 9.17) is 4.74 Å². The van der Waals surface area contributed by atoms with Crippen molar-refractivity contribution in [2.75, 3.05) is 6.54 Å². The van der Waals surface area contributed by atoms with E-state index in [0.717, 1.165) is 12.1 Å². The maximum Gasteiger partial charge on any atom is 0.410 e. The molecular weight excluding hydrogens is 350 g/mol. The normalized spacial score (nSPS) is 20.1. The fraction of sp³-hybridized carbons (Fsp3) is 0.333. The number of nitro benzene ring substituents is 1. The second-order valence-corrected chi connectivity index (χ2v) is 6.90. The largest absolute Gasteiger partial charge is 0.445 e. The first kappa shape index (κ1) is 16.7. The van der Waals surface area contributed by atoms with Crippen LogP contribution in [0.25, 0.3) is 0 Å². The zero-order valence-electron chi connectivity index (χ0n) is 12.6. The molecule has 1 aliphatic rings. The van der Waals surface area contributed by atoms with Crippen molar-refractivity contribution in [2.24, 2.45) is 0 Å². The van der Waals surface area contributed by atoms with Crippen LogP contribution in [0.15, 0.2) is 35.2 Å². The number of benzene rings is 1. The summed E-state index contributed by atoms with van der Waals surface area (Å²) in [4.78, 5) is 28.5. The van der Waals surface area contributed by atoms with Crippen LogP contribution in [-0.4, -0.2) is 32.7 Å². The van der Waals surface area contributed by atoms with Crippen LogP contribution < -0.4 is 0 Å². The van der Waals surface area contributed by atoms with Crippen LogP contribution in [0.2, 0.25) is 0 Å². The van der Waals surface area contributed by atoms with E-state index in [1.807, 2.05) is 5.38 Å². The van der Waals surface area contributed by atoms with E-state index in [2.05, 4.69) is 17.6 Å². The standard InChI is InChI=1S/C15H15N3O4S2/c19-15(22-7-10-1-3-11(4-2-10)18(20)21)17-6-12(23)5-14(17)13-8-24-9-16-13/h1-4,8-9,12,14,23H,5-7H2/t12-,14-/m0/s1. The third kappa shape index (κ3) is 3.68. The zero-order chi connectivity index (χ0) is 17.1. The summed E-state index contributed by atoms with van der Waals surface area (Å²) in [5, 5.41) is 12.6. The molecule has 7 nitrogen and oxygen atoms in total. The number of aromatic nitrogens is 1. The molecule has 3 rings (SSSR count). The molecule has 9 heteroatoms. The summed E-state index contributed by atoms with van der Waals surface area (Å²) in [6.07, 6.45) is 0.308. The SMILES string of the molecule is O=C(OCc1ccc([N+](=O)[O-])cc1)N1C[C@@H](S)C[C@H]1c1cscn1. The molecule has 1 aromatic carbocycles. The summed E-state index contributed by atoms with van der Waals surface area (Å²) in [7, 11) is 0. The molecule has 0 saturated carbocycles. The monoisotopic (exact) mass is 365 g/mol. The molecule has 0 unspecified atom stereocenters. The van der Waals surface area contributed by atoms with Gasteiger partial charge in [-0.15, -0.1) is 11.3 Å². The molecular formula is C15H15N3O4S2. The number of rotatable bonds is 4. The van der Waals surface area contributed by atoms with Crippen LogP contribution in [0.5, 0.6) is 0 Å². The minimum atomic E-state index is -0.467. The Morgan fingerprint density at radius 2 is 2.21 bits per heavy atom. The number of thiazole rings is 1. The molecule has 126 valence electrons. The number of nitro groups is 1. The molecule has 2 aromatic rings. The molecule has 0 aliphatic carbocycles. The van der Waals surface area contributed by atoms with Crippen LogP contribution in [-0.2, 0) is 11.3 Å². The van der Waals surface area contributed by atoms with Gasteiger partial charge in [0, 0.05) is 29.3 Å². The summed E-state index contributed by atoms with van der Waals surface area (Å²) in [5.41, 5.74) is 3.29. The van der Waals surface area contributed by atoms with Crippen molar-refractivity contribution >= 4 is 35.7 Å². The summed E-state index contributed by atoms with van der Waals surface area (Å²) >= 11 is 5.95. The minimum Gasteiger partial charge on any atom is -0.445 e. The van der Waals surface area contributed by atoms with Crippen LogP contribution in [0.3, 0.4) is 0 Å². The van der Waals surface area contributed by atoms with E-state index >= 15 is 0 Å². The molecule has 24 heavy (non-hydrogen) atoms. The molecule has 1 aliphatic heterocycles. The molecule has 1 aromatic heterocycles. The van der Waals surface area contributed by atoms with Crippen LogP contribution >= 0.6 is 24.0 Å². The van der Waals surface area contributed by atoms with Crippen molar-refractivity contribution in [3.63, 3.8) is 0 Å². The third-order valence-electron chi connectivity index (χ3n) is 3.82. The average molecular weight is 365 g/mol. The molecule has 0 N–H and O–H groups in total. The second kappa shape index (κ2) is 7.18. The fourth-order valence-corrected chi connectivity index (χ4v) is 3.60. The molecule has 0 bridgehead atoms. The van der Waals surface area contributed by atoms with Gasteiger partial charge >= 0.3 is 6.09 Å². The minimum absolute atomic E-state index is 0.00568. The van der Waals surface area contributed by atoms with E-state index in [0.29, 0.717) is 12.1 Å². The highest BCUT2D eigenvalue weighted by Crippen LogP contribution is 2.34. The number of carbonyl (C=O) groups is 1. The van der Waals surface area contributed by atoms with E-state index in [9.17, 15) is 14.9 Å². The lowest BCUT2D eigenvalue weighted by molar-refractivity contribution is -0.384. The van der Waals surface area contributed by atoms with E-state index < -0.39 is 11.0 Å². The predicted molar refractivity (Wildman–Crippen MR) is 92.2 cm³/mol. The summed E-state index contributed by atoms with van der Waals surface area (Å²) in [6, 6.07) is 5.81. The Bertz CT molecular complexity index is 721. The Balaban J connectivity index is 1.62. The molecule has 2 heterocycles. The van der Waals surface area contributed by atoms with Crippen LogP contribution in [0.1, 0.15) is 23.7 Å². The van der Waals surface area contributed by atoms with Gasteiger partial charge in [0.1, 0.15) is 6.61 Å². The van der Waals surface area contributed by atoms with Gasteiger partial charge in [-0.25, -0.2) is 9.78 Å². The number of hydrogen-bond donors (Lipinski definition) is 1. The Morgan fingerprint density at radius 1 is 1.46 bits per heavy atom. The van der Waals surface area contributed by atoms with E-state index in [-0.39, 0.29) is 23.6 Å². The topological polar surface area (TPSA) is 85.6 Å². The van der Waals surface area contributed by atoms with Crippen molar-refractivity contribution in [3.05, 3.63) is 56.5 Å². The summed E-state index contributed by atoms with van der Waals surface area (Å²) in [5.74, 6) is 0. The average Bonchev–Trinajstić information content (AvgIpc) is 3.22. The number of non-ortho nitro benzene ring substituents is 1. The molecule has 0 radical (unpaired) electrons. The smallest absolute Gasteiger partial charge is 0.410 e. The highest BCUT2D eigenvalue weighted by Gasteiger charge is 2.36. The number of likely N-dealkylation sites (tertiary alicyclic amines) is 1. The first-order chi connectivity index (χ1) is 11.5. The van der Waals surface area contributed by atoms with Crippen molar-refractivity contribution in [1.29, 1.82) is 0 Å². The van der Waals surface area contributed by atoms with Gasteiger partial charge in [0.05, 0.1) is 22.2 Å². The van der Waals surface area contributed by atoms with Crippen molar-refractivity contribution < 1.29 is 14.5 Å². The van der Waals surface area contributed by atoms with E-state index in [1.54, 1.807) is 22.5 Å². The van der Waals surface area contributed by atoms with E-state index in [1.165, 1.54) is 23.5 Å². The fourth-order valence-electron chi connectivity index (χ4n) is 2.62. The van der Waals surface area contributed by atoms with Gasteiger partial charge in [-0.1, -0.05) is 0 Å². The Morgan fingerprint density at radius 3 is 2.83 bits per heavy atom. The zero-order valence-corrected chi connectivity index (χ0v) is 14.3. The number of carbonyl (C=O) groups excluding carboxylic acids is 1. The summed E-state index contributed by atoms with van der Waals surface area (Å²) in [6.45, 7) is 0.568. The molecule has 0 spiro atoms. The highest BCUT2D eigenvalue weighted by atomic mass is 32.1. The number of ether oxygens (including phenoxy) is 1. The van der Waals surface area contributed by atoms with Crippen molar-refractivity contribution in [3.8, 4) is 0 Å². The van der Waals surface area contributed by atoms with Gasteiger partial charge in [0.25, 0.3) is 5.69 Å². The van der Waals surface area contributed by atoms with Gasteiger partial charge in [0.15, 0.2) is 0 Å². The Kier molecular flexibility index (Phi) is 5.00. The van der Waals surface area contributed by atoms with Crippen molar-refractivity contribution in [2.45, 2.75) is 24.3 Å². The van der Waals surface area contributed by atoms with Crippen LogP contribution in [0.4, 0.5) is 10.5 Å². The van der Waals surface area contributed by atoms with Crippen LogP contribution in [0, 0.1) is 10.1 Å². The predicted octanol–water partition coefficient (Wildman–Crippen LogP) is 3.43. The van der Waals surface area contributed by atoms with Gasteiger partial charge in [0.2, 0.25) is 0 Å². The van der Waals surface area contributed by atoms with Gasteiger partial charge in [-0.05, 0) is 24.1 Å². The van der Waals surface area contributed by atoms with Gasteiger partial charge in [-0.3, -0.25) is 15.0 Å². The lowest BCUT2D eigenvalue weighted by Crippen LogP contribution is -2.32. The number of amides is 1. The first-order valence-corrected chi connectivity index (χ1v) is 8.73. The lowest BCUT2D eigenvalue weighted by atomic mass is 10.2. The lowest BCUT2D eigenvalue weighted by Gasteiger charge is -2.22. The Hall–Kier alpha value is -2.13. The number of nitrogens with zero attached hydrogens (tertiary/aromatic N) is 3.